The molecule has 0 saturated heterocycles. The van der Waals surface area contributed by atoms with E-state index >= 15 is 0 Å². The summed E-state index contributed by atoms with van der Waals surface area (Å²) < 4.78 is 5.11. The molecule has 2 rings (SSSR count). The van der Waals surface area contributed by atoms with Crippen LogP contribution in [0.4, 0.5) is 11.4 Å². The van der Waals surface area contributed by atoms with Crippen LogP contribution in [-0.2, 0) is 4.79 Å². The summed E-state index contributed by atoms with van der Waals surface area (Å²) in [5.41, 5.74) is 2.62. The lowest BCUT2D eigenvalue weighted by Gasteiger charge is -2.03. The summed E-state index contributed by atoms with van der Waals surface area (Å²) >= 11 is 0. The highest BCUT2D eigenvalue weighted by Gasteiger charge is 1.98. The van der Waals surface area contributed by atoms with E-state index in [0.29, 0.717) is 6.42 Å². The Morgan fingerprint density at radius 3 is 2.38 bits per heavy atom. The summed E-state index contributed by atoms with van der Waals surface area (Å²) in [6.45, 7) is 1.82. The standard InChI is InChI=1S/C17H18N2O2/c1-3-17(20)19-15-8-6-14(7-9-15)18-12-13-4-10-16(21-2)11-5-13/h4-12H,3H2,1-2H3,(H,19,20). The van der Waals surface area contributed by atoms with Crippen LogP contribution < -0.4 is 10.1 Å². The van der Waals surface area contributed by atoms with Crippen LogP contribution in [0.1, 0.15) is 18.9 Å². The van der Waals surface area contributed by atoms with Crippen molar-refractivity contribution < 1.29 is 9.53 Å². The third kappa shape index (κ3) is 4.45. The lowest BCUT2D eigenvalue weighted by molar-refractivity contribution is -0.115. The molecule has 0 atom stereocenters. The Balaban J connectivity index is 2.01. The second-order valence-electron chi connectivity index (χ2n) is 4.48. The number of amides is 1. The topological polar surface area (TPSA) is 50.7 Å². The Bertz CT molecular complexity index is 616. The third-order valence-corrected chi connectivity index (χ3v) is 2.95. The minimum absolute atomic E-state index is 0.00415. The molecule has 0 fully saturated rings. The molecule has 0 saturated carbocycles. The fourth-order valence-electron chi connectivity index (χ4n) is 1.72. The Kier molecular flexibility index (Phi) is 5.10. The number of anilines is 1. The highest BCUT2D eigenvalue weighted by Crippen LogP contribution is 2.17. The van der Waals surface area contributed by atoms with E-state index in [1.54, 1.807) is 13.3 Å². The van der Waals surface area contributed by atoms with Gasteiger partial charge in [0.2, 0.25) is 5.91 Å². The number of hydrogen-bond donors (Lipinski definition) is 1. The minimum Gasteiger partial charge on any atom is -0.497 e. The lowest BCUT2D eigenvalue weighted by Crippen LogP contribution is -2.08. The first-order valence-electron chi connectivity index (χ1n) is 6.79. The molecule has 0 heterocycles. The largest absolute Gasteiger partial charge is 0.497 e. The van der Waals surface area contributed by atoms with Gasteiger partial charge in [-0.25, -0.2) is 0 Å². The van der Waals surface area contributed by atoms with Gasteiger partial charge in [-0.3, -0.25) is 9.79 Å². The van der Waals surface area contributed by atoms with Gasteiger partial charge >= 0.3 is 0 Å². The number of methoxy groups -OCH3 is 1. The van der Waals surface area contributed by atoms with Gasteiger partial charge in [0.25, 0.3) is 0 Å². The summed E-state index contributed by atoms with van der Waals surface area (Å²) in [5.74, 6) is 0.827. The molecule has 0 aliphatic heterocycles. The van der Waals surface area contributed by atoms with Crippen LogP contribution in [0.5, 0.6) is 5.75 Å². The predicted molar refractivity (Wildman–Crippen MR) is 85.6 cm³/mol. The van der Waals surface area contributed by atoms with Crippen molar-refractivity contribution in [3.05, 3.63) is 54.1 Å². The van der Waals surface area contributed by atoms with Crippen molar-refractivity contribution in [2.24, 2.45) is 4.99 Å². The molecule has 4 heteroatoms. The van der Waals surface area contributed by atoms with Crippen LogP contribution >= 0.6 is 0 Å². The van der Waals surface area contributed by atoms with Crippen molar-refractivity contribution in [3.8, 4) is 5.75 Å². The number of ether oxygens (including phenoxy) is 1. The first-order chi connectivity index (χ1) is 10.2. The maximum absolute atomic E-state index is 11.3. The fourth-order valence-corrected chi connectivity index (χ4v) is 1.72. The van der Waals surface area contributed by atoms with Crippen molar-refractivity contribution in [2.45, 2.75) is 13.3 Å². The smallest absolute Gasteiger partial charge is 0.224 e. The molecule has 1 N–H and O–H groups in total. The summed E-state index contributed by atoms with van der Waals surface area (Å²) in [4.78, 5) is 15.7. The molecular weight excluding hydrogens is 264 g/mol. The quantitative estimate of drug-likeness (QED) is 0.848. The molecule has 4 nitrogen and oxygen atoms in total. The number of nitrogens with one attached hydrogen (secondary N) is 1. The Labute approximate surface area is 124 Å². The molecule has 0 unspecified atom stereocenters. The average Bonchev–Trinajstić information content (AvgIpc) is 2.54. The van der Waals surface area contributed by atoms with E-state index in [1.807, 2.05) is 55.5 Å². The molecule has 1 amide bonds. The van der Waals surface area contributed by atoms with Gasteiger partial charge in [0.1, 0.15) is 5.75 Å². The summed E-state index contributed by atoms with van der Waals surface area (Å²) in [7, 11) is 1.64. The molecule has 0 aliphatic carbocycles. The van der Waals surface area contributed by atoms with E-state index in [9.17, 15) is 4.79 Å². The molecule has 0 aromatic heterocycles. The SMILES string of the molecule is CCC(=O)Nc1ccc(N=Cc2ccc(OC)cc2)cc1. The minimum atomic E-state index is 0.00415. The summed E-state index contributed by atoms with van der Waals surface area (Å²) in [6.07, 6.45) is 2.26. The van der Waals surface area contributed by atoms with E-state index in [0.717, 1.165) is 22.7 Å². The first-order valence-corrected chi connectivity index (χ1v) is 6.79. The van der Waals surface area contributed by atoms with E-state index in [-0.39, 0.29) is 5.91 Å². The Hall–Kier alpha value is -2.62. The molecular formula is C17H18N2O2. The first kappa shape index (κ1) is 14.8. The maximum atomic E-state index is 11.3. The Morgan fingerprint density at radius 2 is 1.81 bits per heavy atom. The molecule has 0 bridgehead atoms. The van der Waals surface area contributed by atoms with E-state index in [2.05, 4.69) is 10.3 Å². The van der Waals surface area contributed by atoms with Crippen LogP contribution in [0, 0.1) is 0 Å². The van der Waals surface area contributed by atoms with Gasteiger partial charge in [0.15, 0.2) is 0 Å². The molecule has 108 valence electrons. The summed E-state index contributed by atoms with van der Waals surface area (Å²) in [5, 5.41) is 2.80. The number of carbonyl (C=O) groups excluding carboxylic acids is 1. The van der Waals surface area contributed by atoms with E-state index in [1.165, 1.54) is 0 Å². The average molecular weight is 282 g/mol. The molecule has 2 aromatic rings. The van der Waals surface area contributed by atoms with Crippen LogP contribution in [0.15, 0.2) is 53.5 Å². The van der Waals surface area contributed by atoms with Gasteiger partial charge in [-0.2, -0.15) is 0 Å². The zero-order valence-corrected chi connectivity index (χ0v) is 12.2. The van der Waals surface area contributed by atoms with Crippen LogP contribution in [0.25, 0.3) is 0 Å². The number of rotatable bonds is 5. The van der Waals surface area contributed by atoms with Crippen molar-refractivity contribution in [1.29, 1.82) is 0 Å². The number of benzene rings is 2. The predicted octanol–water partition coefficient (Wildman–Crippen LogP) is 3.79. The number of aliphatic imine (C=N–C) groups is 1. The zero-order chi connectivity index (χ0) is 15.1. The molecule has 0 aliphatic rings. The van der Waals surface area contributed by atoms with Crippen molar-refractivity contribution >= 4 is 23.5 Å². The van der Waals surface area contributed by atoms with E-state index < -0.39 is 0 Å². The molecule has 2 aromatic carbocycles. The van der Waals surface area contributed by atoms with Crippen molar-refractivity contribution in [3.63, 3.8) is 0 Å². The van der Waals surface area contributed by atoms with Gasteiger partial charge in [-0.15, -0.1) is 0 Å². The van der Waals surface area contributed by atoms with Crippen LogP contribution in [0.3, 0.4) is 0 Å². The highest BCUT2D eigenvalue weighted by molar-refractivity contribution is 5.90. The maximum Gasteiger partial charge on any atom is 0.224 e. The normalized spacial score (nSPS) is 10.6. The number of nitrogens with zero attached hydrogens (tertiary/aromatic N) is 1. The fraction of sp³-hybridized carbons (Fsp3) is 0.176. The van der Waals surface area contributed by atoms with Gasteiger partial charge in [0, 0.05) is 18.3 Å². The molecule has 0 spiro atoms. The molecule has 21 heavy (non-hydrogen) atoms. The van der Waals surface area contributed by atoms with Gasteiger partial charge < -0.3 is 10.1 Å². The highest BCUT2D eigenvalue weighted by atomic mass is 16.5. The number of carbonyl (C=O) groups is 1. The van der Waals surface area contributed by atoms with Crippen LogP contribution in [-0.4, -0.2) is 19.2 Å². The third-order valence-electron chi connectivity index (χ3n) is 2.95. The van der Waals surface area contributed by atoms with Gasteiger partial charge in [-0.05, 0) is 54.1 Å². The molecule has 0 radical (unpaired) electrons. The Morgan fingerprint density at radius 1 is 1.14 bits per heavy atom. The number of hydrogen-bond acceptors (Lipinski definition) is 3. The summed E-state index contributed by atoms with van der Waals surface area (Å²) in [6, 6.07) is 15.1. The van der Waals surface area contributed by atoms with Crippen LogP contribution in [0.2, 0.25) is 0 Å². The monoisotopic (exact) mass is 282 g/mol. The van der Waals surface area contributed by atoms with Crippen molar-refractivity contribution in [2.75, 3.05) is 12.4 Å². The van der Waals surface area contributed by atoms with Gasteiger partial charge in [-0.1, -0.05) is 6.92 Å². The second-order valence-corrected chi connectivity index (χ2v) is 4.48. The second kappa shape index (κ2) is 7.24. The van der Waals surface area contributed by atoms with E-state index in [4.69, 9.17) is 4.74 Å². The van der Waals surface area contributed by atoms with Gasteiger partial charge in [0.05, 0.1) is 12.8 Å². The van der Waals surface area contributed by atoms with Crippen molar-refractivity contribution in [1.82, 2.24) is 0 Å². The lowest BCUT2D eigenvalue weighted by atomic mass is 10.2. The zero-order valence-electron chi connectivity index (χ0n) is 12.2.